The average Bonchev–Trinajstić information content (AvgIpc) is 2.13. The summed E-state index contributed by atoms with van der Waals surface area (Å²) in [5.74, 6) is 0.331. The Labute approximate surface area is 105 Å². The first-order chi connectivity index (χ1) is 7.68. The van der Waals surface area contributed by atoms with Gasteiger partial charge < -0.3 is 4.74 Å². The van der Waals surface area contributed by atoms with Gasteiger partial charge in [-0.15, -0.1) is 0 Å². The molecule has 0 bridgehead atoms. The minimum Gasteiger partial charge on any atom is -0.457 e. The fraction of sp³-hybridized carbons (Fsp3) is 0.800. The highest BCUT2D eigenvalue weighted by Gasteiger charge is 2.25. The van der Waals surface area contributed by atoms with Gasteiger partial charge >= 0.3 is 5.97 Å². The lowest BCUT2D eigenvalue weighted by Gasteiger charge is -2.33. The third-order valence-electron chi connectivity index (χ3n) is 3.30. The molecule has 0 amide bonds. The van der Waals surface area contributed by atoms with E-state index in [0.29, 0.717) is 11.3 Å². The Kier molecular flexibility index (Phi) is 4.40. The second kappa shape index (κ2) is 5.24. The van der Waals surface area contributed by atoms with E-state index >= 15 is 0 Å². The highest BCUT2D eigenvalue weighted by Crippen LogP contribution is 2.38. The van der Waals surface area contributed by atoms with Gasteiger partial charge in [-0.3, -0.25) is 0 Å². The summed E-state index contributed by atoms with van der Waals surface area (Å²) in [5, 5.41) is 0. The van der Waals surface area contributed by atoms with Crippen LogP contribution in [-0.2, 0) is 9.53 Å². The van der Waals surface area contributed by atoms with E-state index in [1.165, 1.54) is 25.7 Å². The van der Waals surface area contributed by atoms with Gasteiger partial charge in [0.05, 0.1) is 0 Å². The molecule has 2 heteroatoms. The summed E-state index contributed by atoms with van der Waals surface area (Å²) in [7, 11) is 0. The number of carbonyl (C=O) groups is 1. The van der Waals surface area contributed by atoms with E-state index < -0.39 is 5.60 Å². The van der Waals surface area contributed by atoms with Crippen molar-refractivity contribution in [3.05, 3.63) is 12.2 Å². The molecule has 1 aliphatic carbocycles. The SMILES string of the molecule is CC1(C)CCC(/C=C/C(=O)OC(C)(C)C)CC1. The summed E-state index contributed by atoms with van der Waals surface area (Å²) in [6, 6.07) is 0. The van der Waals surface area contributed by atoms with Crippen molar-refractivity contribution in [1.82, 2.24) is 0 Å². The van der Waals surface area contributed by atoms with Gasteiger partial charge in [0.15, 0.2) is 0 Å². The number of hydrogen-bond donors (Lipinski definition) is 0. The first kappa shape index (κ1) is 14.3. The molecule has 1 rings (SSSR count). The van der Waals surface area contributed by atoms with Crippen molar-refractivity contribution in [3.63, 3.8) is 0 Å². The quantitative estimate of drug-likeness (QED) is 0.535. The molecule has 0 aromatic heterocycles. The molecule has 0 heterocycles. The molecule has 0 N–H and O–H groups in total. The summed E-state index contributed by atoms with van der Waals surface area (Å²) in [6.07, 6.45) is 8.50. The zero-order valence-corrected chi connectivity index (χ0v) is 11.9. The molecule has 0 atom stereocenters. The maximum absolute atomic E-state index is 11.5. The number of ether oxygens (including phenoxy) is 1. The van der Waals surface area contributed by atoms with Crippen LogP contribution in [0.15, 0.2) is 12.2 Å². The Morgan fingerprint density at radius 1 is 1.24 bits per heavy atom. The number of hydrogen-bond acceptors (Lipinski definition) is 2. The summed E-state index contributed by atoms with van der Waals surface area (Å²) in [4.78, 5) is 11.5. The maximum Gasteiger partial charge on any atom is 0.330 e. The van der Waals surface area contributed by atoms with Gasteiger partial charge in [-0.2, -0.15) is 0 Å². The molecule has 1 aliphatic rings. The first-order valence-corrected chi connectivity index (χ1v) is 6.59. The normalized spacial score (nSPS) is 21.7. The third kappa shape index (κ3) is 5.90. The van der Waals surface area contributed by atoms with Crippen LogP contribution >= 0.6 is 0 Å². The van der Waals surface area contributed by atoms with E-state index in [2.05, 4.69) is 13.8 Å². The average molecular weight is 238 g/mol. The van der Waals surface area contributed by atoms with E-state index in [-0.39, 0.29) is 5.97 Å². The number of esters is 1. The van der Waals surface area contributed by atoms with Crippen LogP contribution in [0.1, 0.15) is 60.3 Å². The molecule has 98 valence electrons. The molecule has 0 spiro atoms. The lowest BCUT2D eigenvalue weighted by atomic mass is 9.73. The molecule has 0 aromatic carbocycles. The van der Waals surface area contributed by atoms with Gasteiger partial charge in [-0.05, 0) is 57.8 Å². The number of rotatable bonds is 2. The Bertz CT molecular complexity index is 285. The van der Waals surface area contributed by atoms with Crippen molar-refractivity contribution in [2.24, 2.45) is 11.3 Å². The number of carbonyl (C=O) groups excluding carboxylic acids is 1. The van der Waals surface area contributed by atoms with Gasteiger partial charge in [-0.25, -0.2) is 4.79 Å². The minimum atomic E-state index is -0.393. The van der Waals surface area contributed by atoms with E-state index in [9.17, 15) is 4.79 Å². The fourth-order valence-corrected chi connectivity index (χ4v) is 2.16. The standard InChI is InChI=1S/C15H26O2/c1-14(2,3)17-13(16)7-6-12-8-10-15(4,5)11-9-12/h6-7,12H,8-11H2,1-5H3/b7-6+. The van der Waals surface area contributed by atoms with E-state index in [0.717, 1.165) is 0 Å². The van der Waals surface area contributed by atoms with Gasteiger partial charge in [0, 0.05) is 6.08 Å². The van der Waals surface area contributed by atoms with Crippen LogP contribution in [0.4, 0.5) is 0 Å². The molecule has 0 radical (unpaired) electrons. The third-order valence-corrected chi connectivity index (χ3v) is 3.30. The molecule has 1 fully saturated rings. The lowest BCUT2D eigenvalue weighted by molar-refractivity contribution is -0.148. The fourth-order valence-electron chi connectivity index (χ4n) is 2.16. The molecule has 1 saturated carbocycles. The van der Waals surface area contributed by atoms with Gasteiger partial charge in [0.2, 0.25) is 0 Å². The van der Waals surface area contributed by atoms with Crippen molar-refractivity contribution >= 4 is 5.97 Å². The molecule has 0 unspecified atom stereocenters. The summed E-state index contributed by atoms with van der Waals surface area (Å²) < 4.78 is 5.24. The van der Waals surface area contributed by atoms with Gasteiger partial charge in [0.25, 0.3) is 0 Å². The largest absolute Gasteiger partial charge is 0.457 e. The van der Waals surface area contributed by atoms with Gasteiger partial charge in [0.1, 0.15) is 5.60 Å². The van der Waals surface area contributed by atoms with Crippen molar-refractivity contribution in [2.75, 3.05) is 0 Å². The Morgan fingerprint density at radius 2 is 1.76 bits per heavy atom. The molecular weight excluding hydrogens is 212 g/mol. The molecule has 2 nitrogen and oxygen atoms in total. The Balaban J connectivity index is 2.37. The second-order valence-electron chi connectivity index (χ2n) is 6.89. The zero-order chi connectivity index (χ0) is 13.1. The van der Waals surface area contributed by atoms with Crippen LogP contribution in [0.2, 0.25) is 0 Å². The molecular formula is C15H26O2. The van der Waals surface area contributed by atoms with E-state index in [4.69, 9.17) is 4.74 Å². The van der Waals surface area contributed by atoms with E-state index in [1.807, 2.05) is 26.8 Å². The maximum atomic E-state index is 11.5. The predicted molar refractivity (Wildman–Crippen MR) is 70.7 cm³/mol. The van der Waals surface area contributed by atoms with Crippen LogP contribution in [0.5, 0.6) is 0 Å². The molecule has 0 saturated heterocycles. The van der Waals surface area contributed by atoms with Crippen molar-refractivity contribution in [1.29, 1.82) is 0 Å². The summed E-state index contributed by atoms with van der Waals surface area (Å²) >= 11 is 0. The molecule has 0 aliphatic heterocycles. The topological polar surface area (TPSA) is 26.3 Å². The number of allylic oxidation sites excluding steroid dienone is 1. The van der Waals surface area contributed by atoms with Crippen LogP contribution in [0, 0.1) is 11.3 Å². The Hall–Kier alpha value is -0.790. The van der Waals surface area contributed by atoms with Gasteiger partial charge in [-0.1, -0.05) is 19.9 Å². The smallest absolute Gasteiger partial charge is 0.330 e. The van der Waals surface area contributed by atoms with Crippen molar-refractivity contribution in [2.45, 2.75) is 65.9 Å². The second-order valence-corrected chi connectivity index (χ2v) is 6.89. The van der Waals surface area contributed by atoms with Crippen LogP contribution in [0.25, 0.3) is 0 Å². The molecule has 0 aromatic rings. The first-order valence-electron chi connectivity index (χ1n) is 6.59. The monoisotopic (exact) mass is 238 g/mol. The van der Waals surface area contributed by atoms with Crippen molar-refractivity contribution in [3.8, 4) is 0 Å². The molecule has 17 heavy (non-hydrogen) atoms. The van der Waals surface area contributed by atoms with Crippen molar-refractivity contribution < 1.29 is 9.53 Å². The highest BCUT2D eigenvalue weighted by atomic mass is 16.6. The lowest BCUT2D eigenvalue weighted by Crippen LogP contribution is -2.23. The van der Waals surface area contributed by atoms with E-state index in [1.54, 1.807) is 6.08 Å². The Morgan fingerprint density at radius 3 is 2.24 bits per heavy atom. The minimum absolute atomic E-state index is 0.220. The summed E-state index contributed by atoms with van der Waals surface area (Å²) in [6.45, 7) is 10.3. The zero-order valence-electron chi connectivity index (χ0n) is 11.9. The van der Waals surface area contributed by atoms with Crippen LogP contribution < -0.4 is 0 Å². The van der Waals surface area contributed by atoms with Crippen LogP contribution in [0.3, 0.4) is 0 Å². The predicted octanol–water partition coefficient (Wildman–Crippen LogP) is 4.10. The highest BCUT2D eigenvalue weighted by molar-refractivity contribution is 5.82. The summed E-state index contributed by atoms with van der Waals surface area (Å²) in [5.41, 5.74) is 0.0895. The van der Waals surface area contributed by atoms with Crippen LogP contribution in [-0.4, -0.2) is 11.6 Å².